The van der Waals surface area contributed by atoms with Crippen LogP contribution in [-0.4, -0.2) is 109 Å². The molecular formula is C36H56N10O7. The first-order valence-electron chi connectivity index (χ1n) is 18.0. The average Bonchev–Trinajstić information content (AvgIpc) is 3.14. The van der Waals surface area contributed by atoms with Crippen molar-refractivity contribution in [1.82, 2.24) is 26.6 Å². The van der Waals surface area contributed by atoms with Crippen LogP contribution in [0.15, 0.2) is 42.5 Å². The monoisotopic (exact) mass is 740 g/mol. The van der Waals surface area contributed by atoms with Crippen molar-refractivity contribution in [2.24, 2.45) is 28.7 Å². The third-order valence-corrected chi connectivity index (χ3v) is 8.93. The molecule has 0 saturated carbocycles. The van der Waals surface area contributed by atoms with Crippen molar-refractivity contribution in [3.05, 3.63) is 53.6 Å². The molecule has 1 aliphatic rings. The summed E-state index contributed by atoms with van der Waals surface area (Å²) in [6.07, 6.45) is -0.0698. The lowest BCUT2D eigenvalue weighted by Crippen LogP contribution is -2.59. The van der Waals surface area contributed by atoms with Crippen molar-refractivity contribution < 1.29 is 34.2 Å². The smallest absolute Gasteiger partial charge is 0.243 e. The van der Waals surface area contributed by atoms with Crippen molar-refractivity contribution in [3.63, 3.8) is 0 Å². The Hall–Kier alpha value is -4.65. The molecule has 2 aromatic carbocycles. The van der Waals surface area contributed by atoms with E-state index in [1.165, 1.54) is 6.07 Å². The van der Waals surface area contributed by atoms with Crippen LogP contribution >= 0.6 is 0 Å². The lowest BCUT2D eigenvalue weighted by atomic mass is 9.96. The molecule has 0 unspecified atom stereocenters. The molecule has 292 valence electrons. The van der Waals surface area contributed by atoms with Gasteiger partial charge in [-0.1, -0.05) is 30.3 Å². The Balaban J connectivity index is 1.98. The summed E-state index contributed by atoms with van der Waals surface area (Å²) in [5.74, 6) is -3.12. The number of fused-ring (bicyclic) bond motifs is 5. The first kappa shape index (κ1) is 42.8. The van der Waals surface area contributed by atoms with Gasteiger partial charge in [-0.2, -0.15) is 0 Å². The number of carbonyl (C=O) groups is 5. The quantitative estimate of drug-likeness (QED) is 0.0776. The van der Waals surface area contributed by atoms with E-state index in [0.29, 0.717) is 36.9 Å². The van der Waals surface area contributed by atoms with Gasteiger partial charge >= 0.3 is 0 Å². The molecular weight excluding hydrogens is 684 g/mol. The van der Waals surface area contributed by atoms with Gasteiger partial charge in [0.1, 0.15) is 23.9 Å². The standard InChI is InChI=1S/C36H56N10O7/c37-10-2-6-25(18-32(49)42-13-12-39)43-34(51)28(7-3-11-38)44-35(52)29-15-21-4-1-5-22(14-21)23-8-9-31(48)24(16-23)17-27(41)33(50)45-30(36(53)46-29)19-26(47)20-40/h1,4-5,8-9,14,16,25-30,47-48H,2-3,6-7,10-13,15,17-20,37-41H2,(H,42,49)(H,43,51)(H,44,52)(H,45,50)(H,46,53)/t25-,26+,27-,28-,29-,30-/m0/s1. The summed E-state index contributed by atoms with van der Waals surface area (Å²) < 4.78 is 0. The third kappa shape index (κ3) is 13.7. The van der Waals surface area contributed by atoms with Crippen LogP contribution in [0.25, 0.3) is 11.1 Å². The number of hydrogen-bond acceptors (Lipinski definition) is 12. The molecule has 6 atom stereocenters. The van der Waals surface area contributed by atoms with Crippen molar-refractivity contribution in [1.29, 1.82) is 0 Å². The number of aliphatic hydroxyl groups is 1. The Morgan fingerprint density at radius 1 is 0.868 bits per heavy atom. The van der Waals surface area contributed by atoms with Crippen LogP contribution < -0.4 is 55.3 Å². The molecule has 17 heteroatoms. The van der Waals surface area contributed by atoms with Crippen molar-refractivity contribution in [3.8, 4) is 16.9 Å². The normalized spacial score (nSPS) is 19.3. The molecule has 0 radical (unpaired) electrons. The van der Waals surface area contributed by atoms with Crippen molar-refractivity contribution in [2.45, 2.75) is 87.7 Å². The maximum Gasteiger partial charge on any atom is 0.243 e. The zero-order chi connectivity index (χ0) is 38.9. The number of aliphatic hydroxyl groups excluding tert-OH is 1. The Kier molecular flexibility index (Phi) is 17.6. The second-order valence-electron chi connectivity index (χ2n) is 13.3. The molecule has 0 saturated heterocycles. The van der Waals surface area contributed by atoms with E-state index < -0.39 is 59.9 Å². The molecule has 53 heavy (non-hydrogen) atoms. The summed E-state index contributed by atoms with van der Waals surface area (Å²) in [5.41, 5.74) is 31.3. The molecule has 4 bridgehead atoms. The molecule has 1 heterocycles. The Bertz CT molecular complexity index is 1540. The fourth-order valence-corrected chi connectivity index (χ4v) is 5.99. The second kappa shape index (κ2) is 21.8. The molecule has 0 aliphatic carbocycles. The topological polar surface area (TPSA) is 316 Å². The summed E-state index contributed by atoms with van der Waals surface area (Å²) in [7, 11) is 0. The summed E-state index contributed by atoms with van der Waals surface area (Å²) in [4.78, 5) is 67.4. The van der Waals surface area contributed by atoms with Crippen LogP contribution in [-0.2, 0) is 36.8 Å². The number of phenols is 1. The summed E-state index contributed by atoms with van der Waals surface area (Å²) >= 11 is 0. The van der Waals surface area contributed by atoms with Crippen LogP contribution in [0.4, 0.5) is 0 Å². The van der Waals surface area contributed by atoms with Gasteiger partial charge in [0.05, 0.1) is 12.1 Å². The van der Waals surface area contributed by atoms with E-state index in [-0.39, 0.29) is 69.9 Å². The Morgan fingerprint density at radius 3 is 2.28 bits per heavy atom. The number of benzene rings is 2. The number of phenolic OH excluding ortho intramolecular Hbond substituents is 1. The number of aromatic hydroxyl groups is 1. The fourth-order valence-electron chi connectivity index (χ4n) is 5.99. The predicted molar refractivity (Wildman–Crippen MR) is 200 cm³/mol. The highest BCUT2D eigenvalue weighted by Gasteiger charge is 2.32. The summed E-state index contributed by atoms with van der Waals surface area (Å²) in [6.45, 7) is 0.905. The van der Waals surface area contributed by atoms with Crippen molar-refractivity contribution >= 4 is 29.5 Å². The minimum Gasteiger partial charge on any atom is -0.508 e. The van der Waals surface area contributed by atoms with E-state index in [2.05, 4.69) is 26.6 Å². The molecule has 0 aromatic heterocycles. The summed E-state index contributed by atoms with van der Waals surface area (Å²) in [5, 5.41) is 34.5. The average molecular weight is 741 g/mol. The maximum atomic E-state index is 14.1. The van der Waals surface area contributed by atoms with Gasteiger partial charge in [0.15, 0.2) is 0 Å². The van der Waals surface area contributed by atoms with Gasteiger partial charge < -0.3 is 65.5 Å². The van der Waals surface area contributed by atoms with Crippen molar-refractivity contribution in [2.75, 3.05) is 32.7 Å². The van der Waals surface area contributed by atoms with Gasteiger partial charge in [-0.25, -0.2) is 0 Å². The molecule has 17 nitrogen and oxygen atoms in total. The number of hydrogen-bond donors (Lipinski definition) is 12. The van der Waals surface area contributed by atoms with Crippen LogP contribution in [0, 0.1) is 0 Å². The van der Waals surface area contributed by atoms with Crippen LogP contribution in [0.1, 0.15) is 49.7 Å². The molecule has 3 rings (SSSR count). The lowest BCUT2D eigenvalue weighted by molar-refractivity contribution is -0.134. The molecule has 2 aromatic rings. The minimum absolute atomic E-state index is 0.0216. The third-order valence-electron chi connectivity index (χ3n) is 8.93. The van der Waals surface area contributed by atoms with E-state index in [0.717, 1.165) is 11.1 Å². The van der Waals surface area contributed by atoms with E-state index in [1.54, 1.807) is 24.3 Å². The van der Waals surface area contributed by atoms with E-state index in [1.807, 2.05) is 12.1 Å². The SMILES string of the molecule is NCCC[C@@H](CC(=O)NCCN)NC(=O)[C@H](CCCN)NC(=O)[C@@H]1Cc2cccc(c2)-c2ccc(O)c(c2)C[C@H](N)C(=O)N[C@@H](C[C@@H](O)CN)C(=O)N1. The fraction of sp³-hybridized carbons (Fsp3) is 0.528. The second-order valence-corrected chi connectivity index (χ2v) is 13.3. The number of nitrogens with one attached hydrogen (secondary N) is 5. The molecule has 0 fully saturated rings. The van der Waals surface area contributed by atoms with E-state index in [9.17, 15) is 34.2 Å². The van der Waals surface area contributed by atoms with Crippen LogP contribution in [0.3, 0.4) is 0 Å². The van der Waals surface area contributed by atoms with E-state index >= 15 is 0 Å². The van der Waals surface area contributed by atoms with Gasteiger partial charge in [0.25, 0.3) is 0 Å². The first-order valence-corrected chi connectivity index (χ1v) is 18.0. The molecule has 0 spiro atoms. The first-order chi connectivity index (χ1) is 25.4. The zero-order valence-corrected chi connectivity index (χ0v) is 30.0. The summed E-state index contributed by atoms with van der Waals surface area (Å²) in [6, 6.07) is 6.72. The van der Waals surface area contributed by atoms with Gasteiger partial charge in [-0.05, 0) is 73.2 Å². The maximum absolute atomic E-state index is 14.1. The number of nitrogens with two attached hydrogens (primary N) is 5. The van der Waals surface area contributed by atoms with Gasteiger partial charge in [-0.15, -0.1) is 0 Å². The number of rotatable bonds is 17. The van der Waals surface area contributed by atoms with Crippen LogP contribution in [0.2, 0.25) is 0 Å². The van der Waals surface area contributed by atoms with Crippen LogP contribution in [0.5, 0.6) is 5.75 Å². The Morgan fingerprint density at radius 2 is 1.58 bits per heavy atom. The highest BCUT2D eigenvalue weighted by atomic mass is 16.3. The minimum atomic E-state index is -1.34. The molecule has 5 amide bonds. The number of carbonyl (C=O) groups excluding carboxylic acids is 5. The largest absolute Gasteiger partial charge is 0.508 e. The molecule has 17 N–H and O–H groups in total. The van der Waals surface area contributed by atoms with Gasteiger partial charge in [-0.3, -0.25) is 24.0 Å². The lowest BCUT2D eigenvalue weighted by Gasteiger charge is -2.27. The predicted octanol–water partition coefficient (Wildman–Crippen LogP) is -2.92. The highest BCUT2D eigenvalue weighted by Crippen LogP contribution is 2.28. The van der Waals surface area contributed by atoms with Gasteiger partial charge in [0.2, 0.25) is 29.5 Å². The highest BCUT2D eigenvalue weighted by molar-refractivity contribution is 5.95. The van der Waals surface area contributed by atoms with Gasteiger partial charge in [0, 0.05) is 51.4 Å². The Labute approximate surface area is 309 Å². The van der Waals surface area contributed by atoms with E-state index in [4.69, 9.17) is 28.7 Å². The molecule has 1 aliphatic heterocycles. The zero-order valence-electron chi connectivity index (χ0n) is 30.0. The number of amides is 5.